The van der Waals surface area contributed by atoms with E-state index in [2.05, 4.69) is 32.7 Å². The lowest BCUT2D eigenvalue weighted by molar-refractivity contribution is -0.131. The summed E-state index contributed by atoms with van der Waals surface area (Å²) < 4.78 is 5.71. The summed E-state index contributed by atoms with van der Waals surface area (Å²) in [5.74, 6) is -0.151. The van der Waals surface area contributed by atoms with Crippen LogP contribution < -0.4 is 4.74 Å². The van der Waals surface area contributed by atoms with Crippen molar-refractivity contribution >= 4 is 12.0 Å². The number of nitrogens with zero attached hydrogens (tertiary/aromatic N) is 1. The predicted molar refractivity (Wildman–Crippen MR) is 85.6 cm³/mol. The van der Waals surface area contributed by atoms with Crippen LogP contribution in [0, 0.1) is 0 Å². The zero-order valence-electron chi connectivity index (χ0n) is 13.3. The number of rotatable bonds is 8. The van der Waals surface area contributed by atoms with Gasteiger partial charge in [0.05, 0.1) is 0 Å². The maximum Gasteiger partial charge on any atom is 0.328 e. The molecule has 1 aromatic rings. The van der Waals surface area contributed by atoms with Gasteiger partial charge < -0.3 is 9.84 Å². The summed E-state index contributed by atoms with van der Waals surface area (Å²) in [6, 6.07) is 7.39. The van der Waals surface area contributed by atoms with E-state index in [-0.39, 0.29) is 5.54 Å². The van der Waals surface area contributed by atoms with Gasteiger partial charge in [-0.15, -0.1) is 0 Å². The minimum Gasteiger partial charge on any atom is -0.492 e. The summed E-state index contributed by atoms with van der Waals surface area (Å²) in [6.45, 7) is 8.11. The number of hydrogen-bond acceptors (Lipinski definition) is 3. The van der Waals surface area contributed by atoms with E-state index in [1.165, 1.54) is 0 Å². The molecule has 116 valence electrons. The first-order valence-corrected chi connectivity index (χ1v) is 7.20. The number of hydrogen-bond donors (Lipinski definition) is 1. The van der Waals surface area contributed by atoms with Gasteiger partial charge in [-0.25, -0.2) is 4.79 Å². The molecular weight excluding hydrogens is 266 g/mol. The predicted octanol–water partition coefficient (Wildman–Crippen LogP) is 3.28. The van der Waals surface area contributed by atoms with Crippen LogP contribution in [0.2, 0.25) is 0 Å². The molecule has 0 fully saturated rings. The second kappa shape index (κ2) is 7.84. The van der Waals surface area contributed by atoms with E-state index in [1.807, 2.05) is 24.3 Å². The van der Waals surface area contributed by atoms with Crippen molar-refractivity contribution in [3.8, 4) is 5.75 Å². The van der Waals surface area contributed by atoms with Gasteiger partial charge in [-0.3, -0.25) is 4.90 Å². The molecule has 0 aliphatic carbocycles. The minimum atomic E-state index is -0.947. The Morgan fingerprint density at radius 1 is 1.33 bits per heavy atom. The molecule has 4 heteroatoms. The molecule has 0 amide bonds. The average Bonchev–Trinajstić information content (AvgIpc) is 2.46. The van der Waals surface area contributed by atoms with Crippen LogP contribution >= 0.6 is 0 Å². The molecule has 1 rings (SSSR count). The average molecular weight is 291 g/mol. The lowest BCUT2D eigenvalue weighted by Gasteiger charge is -2.34. The highest BCUT2D eigenvalue weighted by Gasteiger charge is 2.20. The van der Waals surface area contributed by atoms with Crippen LogP contribution in [0.3, 0.4) is 0 Å². The smallest absolute Gasteiger partial charge is 0.328 e. The molecule has 0 saturated heterocycles. The van der Waals surface area contributed by atoms with Gasteiger partial charge in [0.25, 0.3) is 0 Å². The Morgan fingerprint density at radius 2 is 1.95 bits per heavy atom. The van der Waals surface area contributed by atoms with Crippen LogP contribution in [-0.2, 0) is 4.79 Å². The Labute approximate surface area is 127 Å². The quantitative estimate of drug-likeness (QED) is 0.747. The second-order valence-electron chi connectivity index (χ2n) is 5.68. The molecule has 0 aliphatic heterocycles. The van der Waals surface area contributed by atoms with E-state index in [1.54, 1.807) is 6.08 Å². The lowest BCUT2D eigenvalue weighted by Crippen LogP contribution is -2.42. The van der Waals surface area contributed by atoms with Crippen molar-refractivity contribution in [2.75, 3.05) is 20.2 Å². The van der Waals surface area contributed by atoms with Gasteiger partial charge in [-0.2, -0.15) is 0 Å². The van der Waals surface area contributed by atoms with Crippen LogP contribution in [0.5, 0.6) is 5.75 Å². The molecule has 0 unspecified atom stereocenters. The largest absolute Gasteiger partial charge is 0.492 e. The van der Waals surface area contributed by atoms with Crippen LogP contribution in [0.15, 0.2) is 30.3 Å². The third-order valence-electron chi connectivity index (χ3n) is 3.89. The van der Waals surface area contributed by atoms with Crippen LogP contribution in [0.25, 0.3) is 6.08 Å². The van der Waals surface area contributed by atoms with Gasteiger partial charge in [-0.05, 0) is 51.1 Å². The standard InChI is InChI=1S/C17H25NO3/c1-5-17(2,3)18(4)12-13-21-15-9-6-14(7-10-15)8-11-16(19)20/h6-11H,5,12-13H2,1-4H3,(H,19,20). The second-order valence-corrected chi connectivity index (χ2v) is 5.68. The molecule has 0 saturated carbocycles. The molecule has 0 atom stereocenters. The summed E-state index contributed by atoms with van der Waals surface area (Å²) >= 11 is 0. The van der Waals surface area contributed by atoms with E-state index in [0.717, 1.165) is 30.4 Å². The van der Waals surface area contributed by atoms with E-state index < -0.39 is 5.97 Å². The SMILES string of the molecule is CCC(C)(C)N(C)CCOc1ccc(C=CC(=O)O)cc1. The van der Waals surface area contributed by atoms with Crippen molar-refractivity contribution in [1.29, 1.82) is 0 Å². The first-order chi connectivity index (χ1) is 9.85. The van der Waals surface area contributed by atoms with Crippen molar-refractivity contribution in [3.05, 3.63) is 35.9 Å². The van der Waals surface area contributed by atoms with Gasteiger partial charge in [0, 0.05) is 18.2 Å². The number of likely N-dealkylation sites (N-methyl/N-ethyl adjacent to an activating group) is 1. The fraction of sp³-hybridized carbons (Fsp3) is 0.471. The van der Waals surface area contributed by atoms with Crippen molar-refractivity contribution in [2.45, 2.75) is 32.7 Å². The third kappa shape index (κ3) is 6.00. The number of aliphatic carboxylic acids is 1. The molecule has 0 bridgehead atoms. The normalized spacial score (nSPS) is 12.0. The van der Waals surface area contributed by atoms with E-state index >= 15 is 0 Å². The Morgan fingerprint density at radius 3 is 2.48 bits per heavy atom. The van der Waals surface area contributed by atoms with Gasteiger partial charge >= 0.3 is 5.97 Å². The highest BCUT2D eigenvalue weighted by atomic mass is 16.5. The van der Waals surface area contributed by atoms with Crippen molar-refractivity contribution in [1.82, 2.24) is 4.90 Å². The Bertz CT molecular complexity index is 477. The summed E-state index contributed by atoms with van der Waals surface area (Å²) in [6.07, 6.45) is 3.77. The molecule has 0 radical (unpaired) electrons. The van der Waals surface area contributed by atoms with Gasteiger partial charge in [0.1, 0.15) is 12.4 Å². The third-order valence-corrected chi connectivity index (χ3v) is 3.89. The molecule has 0 aromatic heterocycles. The molecule has 0 aliphatic rings. The summed E-state index contributed by atoms with van der Waals surface area (Å²) in [5, 5.41) is 8.57. The monoisotopic (exact) mass is 291 g/mol. The Balaban J connectivity index is 2.45. The summed E-state index contributed by atoms with van der Waals surface area (Å²) in [7, 11) is 2.10. The number of ether oxygens (including phenoxy) is 1. The highest BCUT2D eigenvalue weighted by Crippen LogP contribution is 2.17. The number of carboxylic acid groups (broad SMARTS) is 1. The first-order valence-electron chi connectivity index (χ1n) is 7.20. The van der Waals surface area contributed by atoms with Crippen molar-refractivity contribution < 1.29 is 14.6 Å². The molecule has 1 N–H and O–H groups in total. The van der Waals surface area contributed by atoms with Gasteiger partial charge in [0.2, 0.25) is 0 Å². The van der Waals surface area contributed by atoms with Crippen molar-refractivity contribution in [2.24, 2.45) is 0 Å². The molecule has 21 heavy (non-hydrogen) atoms. The zero-order valence-corrected chi connectivity index (χ0v) is 13.3. The molecule has 4 nitrogen and oxygen atoms in total. The lowest BCUT2D eigenvalue weighted by atomic mass is 10.0. The van der Waals surface area contributed by atoms with E-state index in [9.17, 15) is 4.79 Å². The van der Waals surface area contributed by atoms with E-state index in [0.29, 0.717) is 6.61 Å². The molecule has 0 heterocycles. The Kier molecular flexibility index (Phi) is 6.43. The van der Waals surface area contributed by atoms with Gasteiger partial charge in [0.15, 0.2) is 0 Å². The van der Waals surface area contributed by atoms with Crippen LogP contribution in [0.1, 0.15) is 32.8 Å². The van der Waals surface area contributed by atoms with E-state index in [4.69, 9.17) is 9.84 Å². The molecule has 0 spiro atoms. The number of benzene rings is 1. The number of carbonyl (C=O) groups is 1. The van der Waals surface area contributed by atoms with Crippen LogP contribution in [-0.4, -0.2) is 41.7 Å². The van der Waals surface area contributed by atoms with Crippen LogP contribution in [0.4, 0.5) is 0 Å². The molecular formula is C17H25NO3. The van der Waals surface area contributed by atoms with Gasteiger partial charge in [-0.1, -0.05) is 19.1 Å². The fourth-order valence-corrected chi connectivity index (χ4v) is 1.72. The Hall–Kier alpha value is -1.81. The zero-order chi connectivity index (χ0) is 15.9. The maximum atomic E-state index is 10.4. The topological polar surface area (TPSA) is 49.8 Å². The maximum absolute atomic E-state index is 10.4. The summed E-state index contributed by atoms with van der Waals surface area (Å²) in [5.41, 5.74) is 1.02. The summed E-state index contributed by atoms with van der Waals surface area (Å²) in [4.78, 5) is 12.7. The fourth-order valence-electron chi connectivity index (χ4n) is 1.72. The highest BCUT2D eigenvalue weighted by molar-refractivity contribution is 5.85. The first kappa shape index (κ1) is 17.2. The number of carboxylic acids is 1. The van der Waals surface area contributed by atoms with Crippen molar-refractivity contribution in [3.63, 3.8) is 0 Å². The molecule has 1 aromatic carbocycles. The minimum absolute atomic E-state index is 0.175.